The van der Waals surface area contributed by atoms with Gasteiger partial charge < -0.3 is 10.6 Å². The van der Waals surface area contributed by atoms with Gasteiger partial charge in [0.25, 0.3) is 17.7 Å². The number of amides is 3. The number of hydrogen-bond donors (Lipinski definition) is 2. The van der Waals surface area contributed by atoms with Gasteiger partial charge in [-0.25, -0.2) is 9.29 Å². The van der Waals surface area contributed by atoms with Crippen LogP contribution < -0.4 is 15.5 Å². The third kappa shape index (κ3) is 4.70. The smallest absolute Gasteiger partial charge is 0.283 e. The zero-order valence-electron chi connectivity index (χ0n) is 17.5. The van der Waals surface area contributed by atoms with Crippen molar-refractivity contribution in [2.45, 2.75) is 6.92 Å². The minimum Gasteiger partial charge on any atom is -0.349 e. The number of nitrogens with zero attached hydrogens (tertiary/aromatic N) is 1. The number of nitrogens with one attached hydrogen (secondary N) is 2. The molecule has 1 heterocycles. The number of benzene rings is 3. The molecule has 4 rings (SSSR count). The molecule has 0 saturated heterocycles. The van der Waals surface area contributed by atoms with Crippen LogP contribution in [0, 0.1) is 12.7 Å². The standard InChI is InChI=1S/C24H15BrCl2FN3O3/c1-12-5-6-13(22(32)29-15-4-2-3-14(25)10-15)9-19(12)30-21-20(27)23(33)31(24(21)34)16-7-8-18(28)17(26)11-16/h2-11,30H,1H3,(H,29,32). The van der Waals surface area contributed by atoms with Gasteiger partial charge in [0, 0.05) is 21.4 Å². The summed E-state index contributed by atoms with van der Waals surface area (Å²) in [5, 5.41) is 5.09. The lowest BCUT2D eigenvalue weighted by Crippen LogP contribution is -2.32. The van der Waals surface area contributed by atoms with E-state index in [2.05, 4.69) is 26.6 Å². The van der Waals surface area contributed by atoms with Crippen molar-refractivity contribution in [3.8, 4) is 0 Å². The summed E-state index contributed by atoms with van der Waals surface area (Å²) < 4.78 is 14.3. The van der Waals surface area contributed by atoms with Crippen LogP contribution in [0.3, 0.4) is 0 Å². The molecule has 0 aromatic heterocycles. The van der Waals surface area contributed by atoms with Crippen LogP contribution in [-0.2, 0) is 9.59 Å². The van der Waals surface area contributed by atoms with Gasteiger partial charge in [-0.1, -0.05) is 51.3 Å². The minimum absolute atomic E-state index is 0.0789. The van der Waals surface area contributed by atoms with E-state index in [0.29, 0.717) is 22.5 Å². The maximum atomic E-state index is 13.5. The van der Waals surface area contributed by atoms with Crippen LogP contribution in [-0.4, -0.2) is 17.7 Å². The van der Waals surface area contributed by atoms with Gasteiger partial charge in [-0.3, -0.25) is 14.4 Å². The average molecular weight is 563 g/mol. The highest BCUT2D eigenvalue weighted by molar-refractivity contribution is 9.10. The number of hydrogen-bond acceptors (Lipinski definition) is 4. The molecule has 0 aliphatic carbocycles. The summed E-state index contributed by atoms with van der Waals surface area (Å²) in [5.74, 6) is -2.56. The first-order valence-corrected chi connectivity index (χ1v) is 11.4. The second kappa shape index (κ2) is 9.58. The van der Waals surface area contributed by atoms with Crippen LogP contribution in [0.2, 0.25) is 5.02 Å². The number of carbonyl (C=O) groups excluding carboxylic acids is 3. The van der Waals surface area contributed by atoms with Gasteiger partial charge in [0.1, 0.15) is 16.5 Å². The molecule has 0 unspecified atom stereocenters. The molecular weight excluding hydrogens is 548 g/mol. The molecule has 0 saturated carbocycles. The fourth-order valence-electron chi connectivity index (χ4n) is 3.27. The molecule has 3 amide bonds. The Labute approximate surface area is 212 Å². The van der Waals surface area contributed by atoms with E-state index in [-0.39, 0.29) is 27.3 Å². The van der Waals surface area contributed by atoms with Crippen LogP contribution >= 0.6 is 39.1 Å². The number of anilines is 3. The van der Waals surface area contributed by atoms with Crippen molar-refractivity contribution in [3.05, 3.63) is 97.8 Å². The van der Waals surface area contributed by atoms with E-state index in [1.54, 1.807) is 43.3 Å². The van der Waals surface area contributed by atoms with Crippen LogP contribution in [0.5, 0.6) is 0 Å². The first-order valence-electron chi connectivity index (χ1n) is 9.84. The summed E-state index contributed by atoms with van der Waals surface area (Å²) in [6.07, 6.45) is 0. The van der Waals surface area contributed by atoms with Gasteiger partial charge in [-0.05, 0) is 61.0 Å². The molecule has 0 atom stereocenters. The number of rotatable bonds is 5. The van der Waals surface area contributed by atoms with Gasteiger partial charge in [-0.2, -0.15) is 0 Å². The molecular formula is C24H15BrCl2FN3O3. The SMILES string of the molecule is Cc1ccc(C(=O)Nc2cccc(Br)c2)cc1NC1=C(Cl)C(=O)N(c2ccc(F)c(Cl)c2)C1=O. The van der Waals surface area contributed by atoms with Gasteiger partial charge >= 0.3 is 0 Å². The topological polar surface area (TPSA) is 78.5 Å². The minimum atomic E-state index is -0.780. The summed E-state index contributed by atoms with van der Waals surface area (Å²) in [6.45, 7) is 1.77. The quantitative estimate of drug-likeness (QED) is 0.361. The average Bonchev–Trinajstić information content (AvgIpc) is 3.00. The summed E-state index contributed by atoms with van der Waals surface area (Å²) >= 11 is 15.3. The number of carbonyl (C=O) groups is 3. The summed E-state index contributed by atoms with van der Waals surface area (Å²) in [4.78, 5) is 39.2. The highest BCUT2D eigenvalue weighted by Crippen LogP contribution is 2.33. The number of aryl methyl sites for hydroxylation is 1. The Bertz CT molecular complexity index is 1390. The van der Waals surface area contributed by atoms with Gasteiger partial charge in [0.2, 0.25) is 0 Å². The normalized spacial score (nSPS) is 13.5. The van der Waals surface area contributed by atoms with Crippen molar-refractivity contribution in [1.29, 1.82) is 0 Å². The third-order valence-electron chi connectivity index (χ3n) is 5.03. The first kappa shape index (κ1) is 23.9. The number of imide groups is 1. The second-order valence-corrected chi connectivity index (χ2v) is 9.05. The fraction of sp³-hybridized carbons (Fsp3) is 0.0417. The molecule has 1 aliphatic rings. The Morgan fingerprint density at radius 1 is 1.00 bits per heavy atom. The Kier molecular flexibility index (Phi) is 6.74. The van der Waals surface area contributed by atoms with Crippen molar-refractivity contribution in [2.24, 2.45) is 0 Å². The molecule has 0 bridgehead atoms. The van der Waals surface area contributed by atoms with E-state index >= 15 is 0 Å². The lowest BCUT2D eigenvalue weighted by Gasteiger charge is -2.16. The molecule has 1 aliphatic heterocycles. The summed E-state index contributed by atoms with van der Waals surface area (Å²) in [6, 6.07) is 15.5. The lowest BCUT2D eigenvalue weighted by molar-refractivity contribution is -0.120. The van der Waals surface area contributed by atoms with Crippen molar-refractivity contribution in [1.82, 2.24) is 0 Å². The molecule has 0 radical (unpaired) electrons. The largest absolute Gasteiger partial charge is 0.349 e. The highest BCUT2D eigenvalue weighted by atomic mass is 79.9. The molecule has 172 valence electrons. The zero-order valence-corrected chi connectivity index (χ0v) is 20.6. The van der Waals surface area contributed by atoms with Crippen LogP contribution in [0.15, 0.2) is 75.9 Å². The molecule has 0 fully saturated rings. The summed E-state index contributed by atoms with van der Waals surface area (Å²) in [7, 11) is 0. The van der Waals surface area contributed by atoms with Gasteiger partial charge in [-0.15, -0.1) is 0 Å². The Hall–Kier alpha value is -3.20. The van der Waals surface area contributed by atoms with E-state index in [4.69, 9.17) is 23.2 Å². The van der Waals surface area contributed by atoms with E-state index in [9.17, 15) is 18.8 Å². The van der Waals surface area contributed by atoms with E-state index < -0.39 is 17.6 Å². The highest BCUT2D eigenvalue weighted by Gasteiger charge is 2.39. The monoisotopic (exact) mass is 561 g/mol. The molecule has 3 aromatic rings. The molecule has 6 nitrogen and oxygen atoms in total. The Morgan fingerprint density at radius 3 is 2.47 bits per heavy atom. The number of halogens is 4. The van der Waals surface area contributed by atoms with Crippen LogP contribution in [0.25, 0.3) is 0 Å². The van der Waals surface area contributed by atoms with Crippen molar-refractivity contribution >= 4 is 73.9 Å². The molecule has 10 heteroatoms. The van der Waals surface area contributed by atoms with Crippen LogP contribution in [0.1, 0.15) is 15.9 Å². The van der Waals surface area contributed by atoms with E-state index in [0.717, 1.165) is 21.5 Å². The van der Waals surface area contributed by atoms with Crippen molar-refractivity contribution < 1.29 is 18.8 Å². The third-order valence-corrected chi connectivity index (χ3v) is 6.16. The second-order valence-electron chi connectivity index (χ2n) is 7.35. The zero-order chi connectivity index (χ0) is 24.6. The van der Waals surface area contributed by atoms with Crippen molar-refractivity contribution in [2.75, 3.05) is 15.5 Å². The molecule has 3 aromatic carbocycles. The van der Waals surface area contributed by atoms with Crippen molar-refractivity contribution in [3.63, 3.8) is 0 Å². The maximum absolute atomic E-state index is 13.5. The van der Waals surface area contributed by atoms with Gasteiger partial charge in [0.15, 0.2) is 0 Å². The fourth-order valence-corrected chi connectivity index (χ4v) is 4.06. The molecule has 0 spiro atoms. The molecule has 34 heavy (non-hydrogen) atoms. The summed E-state index contributed by atoms with van der Waals surface area (Å²) in [5.41, 5.74) is 1.96. The molecule has 2 N–H and O–H groups in total. The van der Waals surface area contributed by atoms with E-state index in [1.807, 2.05) is 6.07 Å². The Balaban J connectivity index is 1.59. The maximum Gasteiger partial charge on any atom is 0.283 e. The van der Waals surface area contributed by atoms with Gasteiger partial charge in [0.05, 0.1) is 10.7 Å². The predicted molar refractivity (Wildman–Crippen MR) is 134 cm³/mol. The van der Waals surface area contributed by atoms with Crippen LogP contribution in [0.4, 0.5) is 21.5 Å². The first-order chi connectivity index (χ1) is 16.2. The van der Waals surface area contributed by atoms with E-state index in [1.165, 1.54) is 6.07 Å². The Morgan fingerprint density at radius 2 is 1.76 bits per heavy atom. The lowest BCUT2D eigenvalue weighted by atomic mass is 10.1. The predicted octanol–water partition coefficient (Wildman–Crippen LogP) is 6.24.